The molecule has 102 valence electrons. The largest absolute Gasteiger partial charge is 0.497 e. The maximum Gasteiger partial charge on any atom is 0.188 e. The number of halogens is 2. The van der Waals surface area contributed by atoms with Crippen LogP contribution in [-0.4, -0.2) is 12.1 Å². The summed E-state index contributed by atoms with van der Waals surface area (Å²) in [5.74, 6) is 0.841. The van der Waals surface area contributed by atoms with E-state index in [0.29, 0.717) is 0 Å². The van der Waals surface area contributed by atoms with Gasteiger partial charge in [-0.05, 0) is 59.0 Å². The first-order valence-electron chi connectivity index (χ1n) is 5.82. The summed E-state index contributed by atoms with van der Waals surface area (Å²) in [5, 5.41) is 4.91. The van der Waals surface area contributed by atoms with Crippen molar-refractivity contribution < 1.29 is 4.74 Å². The highest BCUT2D eigenvalue weighted by molar-refractivity contribution is 14.1. The Balaban J connectivity index is 1.94. The third kappa shape index (κ3) is 2.84. The molecule has 20 heavy (non-hydrogen) atoms. The van der Waals surface area contributed by atoms with Crippen molar-refractivity contribution in [2.75, 3.05) is 12.4 Å². The molecule has 1 N–H and O–H groups in total. The average Bonchev–Trinajstić information content (AvgIpc) is 2.83. The highest BCUT2D eigenvalue weighted by Crippen LogP contribution is 2.32. The zero-order valence-electron chi connectivity index (χ0n) is 10.5. The molecule has 0 saturated carbocycles. The molecule has 0 amide bonds. The number of hydrogen-bond acceptors (Lipinski definition) is 4. The number of anilines is 2. The van der Waals surface area contributed by atoms with Gasteiger partial charge in [-0.15, -0.1) is 0 Å². The lowest BCUT2D eigenvalue weighted by atomic mass is 10.3. The standard InChI is InChI=1S/C14H10ClIN2OS/c1-19-9-3-5-12-13(7-9)20-14(18-12)17-11-4-2-8(15)6-10(11)16/h2-7H,1H3,(H,17,18). The molecule has 0 atom stereocenters. The van der Waals surface area contributed by atoms with Gasteiger partial charge in [-0.1, -0.05) is 22.9 Å². The highest BCUT2D eigenvalue weighted by atomic mass is 127. The molecule has 3 rings (SSSR count). The summed E-state index contributed by atoms with van der Waals surface area (Å²) >= 11 is 9.81. The van der Waals surface area contributed by atoms with Crippen LogP contribution in [0.15, 0.2) is 36.4 Å². The second kappa shape index (κ2) is 5.75. The van der Waals surface area contributed by atoms with Crippen molar-refractivity contribution in [1.29, 1.82) is 0 Å². The van der Waals surface area contributed by atoms with Gasteiger partial charge in [0, 0.05) is 8.59 Å². The zero-order chi connectivity index (χ0) is 14.1. The Bertz CT molecular complexity index is 775. The van der Waals surface area contributed by atoms with Crippen molar-refractivity contribution in [3.05, 3.63) is 45.0 Å². The maximum absolute atomic E-state index is 5.96. The second-order valence-corrected chi connectivity index (χ2v) is 6.73. The van der Waals surface area contributed by atoms with Gasteiger partial charge in [-0.3, -0.25) is 0 Å². The first kappa shape index (κ1) is 13.9. The van der Waals surface area contributed by atoms with Gasteiger partial charge in [0.25, 0.3) is 0 Å². The number of ether oxygens (including phenoxy) is 1. The van der Waals surface area contributed by atoms with Crippen LogP contribution in [-0.2, 0) is 0 Å². The fraction of sp³-hybridized carbons (Fsp3) is 0.0714. The Labute approximate surface area is 139 Å². The fourth-order valence-corrected chi connectivity index (χ4v) is 3.70. The number of nitrogens with zero attached hydrogens (tertiary/aromatic N) is 1. The molecule has 0 radical (unpaired) electrons. The van der Waals surface area contributed by atoms with Gasteiger partial charge < -0.3 is 10.1 Å². The molecule has 2 aromatic carbocycles. The molecule has 0 aliphatic rings. The predicted molar refractivity (Wildman–Crippen MR) is 93.6 cm³/mol. The van der Waals surface area contributed by atoms with Crippen LogP contribution in [0.25, 0.3) is 10.2 Å². The van der Waals surface area contributed by atoms with Gasteiger partial charge in [0.15, 0.2) is 5.13 Å². The van der Waals surface area contributed by atoms with Crippen LogP contribution in [0.5, 0.6) is 5.75 Å². The van der Waals surface area contributed by atoms with Crippen molar-refractivity contribution >= 4 is 66.6 Å². The molecule has 0 bridgehead atoms. The van der Waals surface area contributed by atoms with Crippen LogP contribution >= 0.6 is 45.5 Å². The Kier molecular flexibility index (Phi) is 4.00. The molecular formula is C14H10ClIN2OS. The van der Waals surface area contributed by atoms with Crippen LogP contribution in [0, 0.1) is 3.57 Å². The van der Waals surface area contributed by atoms with E-state index in [-0.39, 0.29) is 0 Å². The monoisotopic (exact) mass is 416 g/mol. The van der Waals surface area contributed by atoms with Crippen molar-refractivity contribution in [2.24, 2.45) is 0 Å². The third-order valence-electron chi connectivity index (χ3n) is 2.77. The molecule has 6 heteroatoms. The van der Waals surface area contributed by atoms with Gasteiger partial charge in [-0.2, -0.15) is 0 Å². The first-order chi connectivity index (χ1) is 9.65. The minimum Gasteiger partial charge on any atom is -0.497 e. The number of hydrogen-bond donors (Lipinski definition) is 1. The van der Waals surface area contributed by atoms with E-state index in [1.807, 2.05) is 36.4 Å². The molecular weight excluding hydrogens is 407 g/mol. The summed E-state index contributed by atoms with van der Waals surface area (Å²) in [6.07, 6.45) is 0. The Morgan fingerprint density at radius 3 is 2.85 bits per heavy atom. The number of benzene rings is 2. The van der Waals surface area contributed by atoms with Crippen LogP contribution in [0.3, 0.4) is 0 Å². The normalized spacial score (nSPS) is 10.8. The van der Waals surface area contributed by atoms with Gasteiger partial charge in [0.05, 0.1) is 23.0 Å². The topological polar surface area (TPSA) is 34.1 Å². The number of fused-ring (bicyclic) bond motifs is 1. The predicted octanol–water partition coefficient (Wildman–Crippen LogP) is 5.31. The molecule has 3 aromatic rings. The summed E-state index contributed by atoms with van der Waals surface area (Å²) in [7, 11) is 1.66. The highest BCUT2D eigenvalue weighted by Gasteiger charge is 2.07. The summed E-state index contributed by atoms with van der Waals surface area (Å²) in [5.41, 5.74) is 1.96. The van der Waals surface area contributed by atoms with E-state index in [4.69, 9.17) is 16.3 Å². The quantitative estimate of drug-likeness (QED) is 0.588. The van der Waals surface area contributed by atoms with E-state index in [2.05, 4.69) is 32.9 Å². The van der Waals surface area contributed by atoms with Crippen LogP contribution in [0.4, 0.5) is 10.8 Å². The summed E-state index contributed by atoms with van der Waals surface area (Å²) in [4.78, 5) is 4.56. The summed E-state index contributed by atoms with van der Waals surface area (Å²) < 4.78 is 7.38. The lowest BCUT2D eigenvalue weighted by Crippen LogP contribution is -1.91. The third-order valence-corrected chi connectivity index (χ3v) is 4.83. The second-order valence-electron chi connectivity index (χ2n) is 4.10. The summed E-state index contributed by atoms with van der Waals surface area (Å²) in [6.45, 7) is 0. The number of nitrogens with one attached hydrogen (secondary N) is 1. The molecule has 0 aliphatic heterocycles. The molecule has 0 unspecified atom stereocenters. The van der Waals surface area contributed by atoms with Gasteiger partial charge in [0.1, 0.15) is 5.75 Å². The van der Waals surface area contributed by atoms with E-state index >= 15 is 0 Å². The SMILES string of the molecule is COc1ccc2nc(Nc3ccc(Cl)cc3I)sc2c1. The van der Waals surface area contributed by atoms with E-state index < -0.39 is 0 Å². The Hall–Kier alpha value is -1.05. The fourth-order valence-electron chi connectivity index (χ4n) is 1.79. The number of aromatic nitrogens is 1. The van der Waals surface area contributed by atoms with Crippen molar-refractivity contribution in [3.63, 3.8) is 0 Å². The van der Waals surface area contributed by atoms with Crippen molar-refractivity contribution in [1.82, 2.24) is 4.98 Å². The molecule has 0 fully saturated rings. The Morgan fingerprint density at radius 1 is 1.25 bits per heavy atom. The van der Waals surface area contributed by atoms with Crippen molar-refractivity contribution in [2.45, 2.75) is 0 Å². The number of methoxy groups -OCH3 is 1. The van der Waals surface area contributed by atoms with E-state index in [1.165, 1.54) is 0 Å². The van der Waals surface area contributed by atoms with E-state index in [0.717, 1.165) is 35.4 Å². The van der Waals surface area contributed by atoms with Crippen molar-refractivity contribution in [3.8, 4) is 5.75 Å². The molecule has 0 aliphatic carbocycles. The minimum atomic E-state index is 0.731. The number of rotatable bonds is 3. The van der Waals surface area contributed by atoms with Gasteiger partial charge in [-0.25, -0.2) is 4.98 Å². The molecule has 0 saturated heterocycles. The van der Waals surface area contributed by atoms with Crippen LogP contribution in [0.2, 0.25) is 5.02 Å². The van der Waals surface area contributed by atoms with Gasteiger partial charge >= 0.3 is 0 Å². The van der Waals surface area contributed by atoms with E-state index in [9.17, 15) is 0 Å². The van der Waals surface area contributed by atoms with Crippen LogP contribution in [0.1, 0.15) is 0 Å². The minimum absolute atomic E-state index is 0.731. The summed E-state index contributed by atoms with van der Waals surface area (Å²) in [6, 6.07) is 11.6. The molecule has 1 heterocycles. The molecule has 0 spiro atoms. The zero-order valence-corrected chi connectivity index (χ0v) is 14.2. The van der Waals surface area contributed by atoms with Gasteiger partial charge in [0.2, 0.25) is 0 Å². The van der Waals surface area contributed by atoms with Crippen LogP contribution < -0.4 is 10.1 Å². The Morgan fingerprint density at radius 2 is 2.10 bits per heavy atom. The lowest BCUT2D eigenvalue weighted by molar-refractivity contribution is 0.415. The smallest absolute Gasteiger partial charge is 0.188 e. The lowest BCUT2D eigenvalue weighted by Gasteiger charge is -2.05. The first-order valence-corrected chi connectivity index (χ1v) is 8.10. The average molecular weight is 417 g/mol. The maximum atomic E-state index is 5.96. The van der Waals surface area contributed by atoms with E-state index in [1.54, 1.807) is 18.4 Å². The molecule has 1 aromatic heterocycles. The number of thiazole rings is 1. The molecule has 3 nitrogen and oxygen atoms in total.